The molecule has 1 fully saturated rings. The molecule has 10 nitrogen and oxygen atoms in total. The van der Waals surface area contributed by atoms with Crippen LogP contribution in [-0.2, 0) is 30.0 Å². The van der Waals surface area contributed by atoms with Crippen LogP contribution in [-0.4, -0.2) is 59.6 Å². The van der Waals surface area contributed by atoms with Crippen LogP contribution in [0.25, 0.3) is 0 Å². The second-order valence-corrected chi connectivity index (χ2v) is 7.10. The molecule has 1 heterocycles. The average molecular weight is 377 g/mol. The molecule has 24 heavy (non-hydrogen) atoms. The van der Waals surface area contributed by atoms with Gasteiger partial charge < -0.3 is 5.32 Å². The number of nitrogens with one attached hydrogen (secondary N) is 1. The third-order valence-electron chi connectivity index (χ3n) is 2.64. The Bertz CT molecular complexity index is 811. The standard InChI is InChI=1S/C7H8O2S.C5H7N3O5S/c1-10(8,9)7-5-3-2-4-6-7;9-4-3-8(2-1-6-4)5(10)13-7-14(11)12/h2-6H,1H3;1-3H2,(H,6,9). The predicted octanol–water partition coefficient (Wildman–Crippen LogP) is -0.377. The molecule has 1 aromatic rings. The topological polar surface area (TPSA) is 139 Å². The number of rotatable bonds is 2. The molecule has 0 aliphatic carbocycles. The van der Waals surface area contributed by atoms with Gasteiger partial charge in [0, 0.05) is 19.3 Å². The largest absolute Gasteiger partial charge is 0.437 e. The SMILES string of the molecule is CS(=O)(=O)c1ccccc1.O=C1CN(C(=O)ON=S(=O)=O)CCN1. The van der Waals surface area contributed by atoms with Crippen molar-refractivity contribution in [2.24, 2.45) is 4.53 Å². The highest BCUT2D eigenvalue weighted by Crippen LogP contribution is 2.05. The Morgan fingerprint density at radius 2 is 1.92 bits per heavy atom. The van der Waals surface area contributed by atoms with E-state index in [1.807, 2.05) is 0 Å². The van der Waals surface area contributed by atoms with E-state index in [9.17, 15) is 26.4 Å². The Balaban J connectivity index is 0.000000254. The van der Waals surface area contributed by atoms with Crippen LogP contribution in [0, 0.1) is 0 Å². The maximum Gasteiger partial charge on any atom is 0.437 e. The first kappa shape index (κ1) is 19.6. The van der Waals surface area contributed by atoms with Gasteiger partial charge in [-0.1, -0.05) is 18.2 Å². The number of hydrogen-bond acceptors (Lipinski definition) is 8. The Hall–Kier alpha value is -2.47. The summed E-state index contributed by atoms with van der Waals surface area (Å²) in [4.78, 5) is 27.2. The van der Waals surface area contributed by atoms with Crippen molar-refractivity contribution in [3.8, 4) is 0 Å². The van der Waals surface area contributed by atoms with Crippen LogP contribution in [0.4, 0.5) is 4.79 Å². The van der Waals surface area contributed by atoms with Gasteiger partial charge in [-0.2, -0.15) is 8.42 Å². The Labute approximate surface area is 140 Å². The minimum absolute atomic E-state index is 0.153. The molecule has 0 bridgehead atoms. The third kappa shape index (κ3) is 7.19. The summed E-state index contributed by atoms with van der Waals surface area (Å²) in [6, 6.07) is 8.35. The zero-order valence-corrected chi connectivity index (χ0v) is 14.2. The molecule has 1 aromatic carbocycles. The summed E-state index contributed by atoms with van der Waals surface area (Å²) in [5, 5.41) is 2.49. The van der Waals surface area contributed by atoms with Crippen LogP contribution in [0.1, 0.15) is 0 Å². The van der Waals surface area contributed by atoms with Crippen LogP contribution in [0.2, 0.25) is 0 Å². The molecule has 1 saturated heterocycles. The van der Waals surface area contributed by atoms with Crippen LogP contribution in [0.15, 0.2) is 39.8 Å². The number of amides is 2. The smallest absolute Gasteiger partial charge is 0.353 e. The fourth-order valence-corrected chi connectivity index (χ4v) is 2.36. The number of piperazine rings is 1. The molecule has 0 unspecified atom stereocenters. The lowest BCUT2D eigenvalue weighted by atomic mass is 10.4. The average Bonchev–Trinajstić information content (AvgIpc) is 2.53. The lowest BCUT2D eigenvalue weighted by Crippen LogP contribution is -2.49. The van der Waals surface area contributed by atoms with Crippen molar-refractivity contribution < 1.29 is 31.3 Å². The summed E-state index contributed by atoms with van der Waals surface area (Å²) < 4.78 is 44.0. The number of hydrogen-bond donors (Lipinski definition) is 1. The van der Waals surface area contributed by atoms with Gasteiger partial charge in [-0.3, -0.25) is 14.5 Å². The highest BCUT2D eigenvalue weighted by Gasteiger charge is 2.22. The maximum absolute atomic E-state index is 11.0. The zero-order valence-electron chi connectivity index (χ0n) is 12.6. The number of carbonyl (C=O) groups excluding carboxylic acids is 2. The van der Waals surface area contributed by atoms with E-state index < -0.39 is 26.4 Å². The fraction of sp³-hybridized carbons (Fsp3) is 0.333. The molecule has 1 N–H and O–H groups in total. The van der Waals surface area contributed by atoms with E-state index in [4.69, 9.17) is 0 Å². The molecule has 1 aliphatic rings. The van der Waals surface area contributed by atoms with Gasteiger partial charge in [-0.15, -0.1) is 0 Å². The van der Waals surface area contributed by atoms with Gasteiger partial charge in [-0.25, -0.2) is 13.2 Å². The monoisotopic (exact) mass is 377 g/mol. The normalized spacial score (nSPS) is 13.9. The lowest BCUT2D eigenvalue weighted by Gasteiger charge is -2.23. The molecule has 2 rings (SSSR count). The molecular weight excluding hydrogens is 362 g/mol. The van der Waals surface area contributed by atoms with Crippen molar-refractivity contribution in [1.29, 1.82) is 0 Å². The first-order valence-corrected chi connectivity index (χ1v) is 9.40. The van der Waals surface area contributed by atoms with E-state index in [1.54, 1.807) is 30.3 Å². The van der Waals surface area contributed by atoms with Crippen molar-refractivity contribution in [1.82, 2.24) is 10.2 Å². The Kier molecular flexibility index (Phi) is 7.32. The second-order valence-electron chi connectivity index (χ2n) is 4.51. The molecule has 0 saturated carbocycles. The molecule has 2 amide bonds. The van der Waals surface area contributed by atoms with Gasteiger partial charge in [0.25, 0.3) is 0 Å². The summed E-state index contributed by atoms with van der Waals surface area (Å²) in [5.74, 6) is -0.323. The first-order valence-electron chi connectivity index (χ1n) is 6.48. The minimum Gasteiger partial charge on any atom is -0.353 e. The highest BCUT2D eigenvalue weighted by molar-refractivity contribution is 7.90. The van der Waals surface area contributed by atoms with Gasteiger partial charge in [0.1, 0.15) is 6.54 Å². The van der Waals surface area contributed by atoms with Crippen molar-refractivity contribution in [2.45, 2.75) is 4.90 Å². The molecule has 0 spiro atoms. The van der Waals surface area contributed by atoms with Crippen molar-refractivity contribution >= 4 is 32.3 Å². The summed E-state index contributed by atoms with van der Waals surface area (Å²) in [7, 11) is -5.80. The zero-order chi connectivity index (χ0) is 18.2. The number of benzene rings is 1. The van der Waals surface area contributed by atoms with E-state index in [1.165, 1.54) is 6.26 Å². The van der Waals surface area contributed by atoms with Gasteiger partial charge >= 0.3 is 16.6 Å². The van der Waals surface area contributed by atoms with E-state index >= 15 is 0 Å². The molecular formula is C12H15N3O7S2. The van der Waals surface area contributed by atoms with Gasteiger partial charge in [0.2, 0.25) is 5.91 Å². The predicted molar refractivity (Wildman–Crippen MR) is 82.0 cm³/mol. The summed E-state index contributed by atoms with van der Waals surface area (Å²) >= 11 is 0. The number of nitrogens with zero attached hydrogens (tertiary/aromatic N) is 2. The quantitative estimate of drug-likeness (QED) is 0.693. The van der Waals surface area contributed by atoms with E-state index in [0.717, 1.165) is 4.90 Å². The molecule has 0 radical (unpaired) electrons. The number of sulfone groups is 1. The summed E-state index contributed by atoms with van der Waals surface area (Å²) in [6.45, 7) is 0.430. The highest BCUT2D eigenvalue weighted by atomic mass is 32.2. The third-order valence-corrected chi connectivity index (χ3v) is 3.97. The van der Waals surface area contributed by atoms with Gasteiger partial charge in [0.15, 0.2) is 9.84 Å². The van der Waals surface area contributed by atoms with Gasteiger partial charge in [0.05, 0.1) is 9.42 Å². The molecule has 0 aromatic heterocycles. The molecule has 1 aliphatic heterocycles. The molecule has 0 atom stereocenters. The molecule has 12 heteroatoms. The minimum atomic E-state index is -3.00. The first-order chi connectivity index (χ1) is 11.2. The van der Waals surface area contributed by atoms with Gasteiger partial charge in [-0.05, 0) is 12.1 Å². The van der Waals surface area contributed by atoms with E-state index in [0.29, 0.717) is 11.4 Å². The van der Waals surface area contributed by atoms with Crippen LogP contribution in [0.5, 0.6) is 0 Å². The van der Waals surface area contributed by atoms with Crippen LogP contribution >= 0.6 is 0 Å². The van der Waals surface area contributed by atoms with E-state index in [-0.39, 0.29) is 19.0 Å². The number of carbonyl (C=O) groups is 2. The van der Waals surface area contributed by atoms with E-state index in [2.05, 4.69) is 14.7 Å². The van der Waals surface area contributed by atoms with Crippen LogP contribution in [0.3, 0.4) is 0 Å². The Morgan fingerprint density at radius 3 is 2.38 bits per heavy atom. The lowest BCUT2D eigenvalue weighted by molar-refractivity contribution is -0.123. The van der Waals surface area contributed by atoms with Crippen LogP contribution < -0.4 is 5.32 Å². The molecule has 132 valence electrons. The summed E-state index contributed by atoms with van der Waals surface area (Å²) in [6.07, 6.45) is 0.242. The van der Waals surface area contributed by atoms with Crippen molar-refractivity contribution in [2.75, 3.05) is 25.9 Å². The second kappa shape index (κ2) is 8.98. The van der Waals surface area contributed by atoms with Crippen molar-refractivity contribution in [3.05, 3.63) is 30.3 Å². The maximum atomic E-state index is 11.0. The Morgan fingerprint density at radius 1 is 1.29 bits per heavy atom. The summed E-state index contributed by atoms with van der Waals surface area (Å²) in [5.41, 5.74) is 0. The van der Waals surface area contributed by atoms with Crippen molar-refractivity contribution in [3.63, 3.8) is 0 Å². The fourth-order valence-electron chi connectivity index (χ4n) is 1.58.